The van der Waals surface area contributed by atoms with Crippen LogP contribution in [-0.2, 0) is 4.79 Å². The van der Waals surface area contributed by atoms with Gasteiger partial charge in [0.25, 0.3) is 5.56 Å². The van der Waals surface area contributed by atoms with Crippen molar-refractivity contribution in [1.29, 1.82) is 0 Å². The third-order valence-corrected chi connectivity index (χ3v) is 4.36. The molecule has 3 rings (SSSR count). The molecule has 0 fully saturated rings. The van der Waals surface area contributed by atoms with Crippen LogP contribution in [0.1, 0.15) is 17.3 Å². The Balaban J connectivity index is 1.67. The maximum atomic E-state index is 12.1. The van der Waals surface area contributed by atoms with Crippen molar-refractivity contribution in [2.45, 2.75) is 12.1 Å². The predicted molar refractivity (Wildman–Crippen MR) is 98.2 cm³/mol. The zero-order chi connectivity index (χ0) is 17.8. The van der Waals surface area contributed by atoms with E-state index in [1.165, 1.54) is 6.92 Å². The molecule has 3 aromatic rings. The molecular weight excluding hydrogens is 338 g/mol. The highest BCUT2D eigenvalue weighted by molar-refractivity contribution is 7.99. The molecule has 0 aliphatic carbocycles. The average molecular weight is 353 g/mol. The molecule has 0 atom stereocenters. The molecule has 2 N–H and O–H groups in total. The van der Waals surface area contributed by atoms with Gasteiger partial charge in [-0.2, -0.15) is 0 Å². The topological polar surface area (TPSA) is 91.9 Å². The second-order valence-corrected chi connectivity index (χ2v) is 6.33. The van der Waals surface area contributed by atoms with Gasteiger partial charge in [0.2, 0.25) is 5.91 Å². The third kappa shape index (κ3) is 4.13. The van der Waals surface area contributed by atoms with E-state index in [1.54, 1.807) is 48.5 Å². The number of amides is 1. The highest BCUT2D eigenvalue weighted by Gasteiger charge is 2.08. The molecule has 2 aromatic carbocycles. The maximum absolute atomic E-state index is 12.1. The largest absolute Gasteiger partial charge is 0.325 e. The van der Waals surface area contributed by atoms with Crippen molar-refractivity contribution in [2.75, 3.05) is 11.1 Å². The molecule has 0 saturated heterocycles. The number of ketones is 1. The van der Waals surface area contributed by atoms with E-state index in [2.05, 4.69) is 15.3 Å². The minimum absolute atomic E-state index is 0.0663. The van der Waals surface area contributed by atoms with Gasteiger partial charge in [-0.25, -0.2) is 4.98 Å². The standard InChI is InChI=1S/C18H15N3O3S/c1-11(22)12-5-4-6-13(9-12)19-16(23)10-25-18-20-15-8-3-2-7-14(15)17(24)21-18/h2-9H,10H2,1H3,(H,19,23)(H,20,21,24). The van der Waals surface area contributed by atoms with E-state index >= 15 is 0 Å². The second-order valence-electron chi connectivity index (χ2n) is 5.36. The molecule has 6 nitrogen and oxygen atoms in total. The number of para-hydroxylation sites is 1. The van der Waals surface area contributed by atoms with Gasteiger partial charge in [0.15, 0.2) is 10.9 Å². The molecule has 0 aliphatic heterocycles. The summed E-state index contributed by atoms with van der Waals surface area (Å²) in [7, 11) is 0. The zero-order valence-electron chi connectivity index (χ0n) is 13.4. The van der Waals surface area contributed by atoms with E-state index in [-0.39, 0.29) is 23.0 Å². The molecule has 7 heteroatoms. The van der Waals surface area contributed by atoms with Gasteiger partial charge in [0.05, 0.1) is 16.7 Å². The lowest BCUT2D eigenvalue weighted by molar-refractivity contribution is -0.113. The number of aromatic amines is 1. The number of nitrogens with zero attached hydrogens (tertiary/aromatic N) is 1. The van der Waals surface area contributed by atoms with Gasteiger partial charge < -0.3 is 10.3 Å². The van der Waals surface area contributed by atoms with Crippen LogP contribution < -0.4 is 10.9 Å². The number of benzene rings is 2. The molecule has 0 bridgehead atoms. The number of anilines is 1. The van der Waals surface area contributed by atoms with Crippen LogP contribution in [0.3, 0.4) is 0 Å². The van der Waals surface area contributed by atoms with Crippen molar-refractivity contribution in [3.05, 3.63) is 64.4 Å². The van der Waals surface area contributed by atoms with Gasteiger partial charge in [-0.05, 0) is 31.2 Å². The first kappa shape index (κ1) is 16.9. The molecule has 0 aliphatic rings. The summed E-state index contributed by atoms with van der Waals surface area (Å²) in [6, 6.07) is 13.8. The van der Waals surface area contributed by atoms with E-state index in [1.807, 2.05) is 0 Å². The van der Waals surface area contributed by atoms with Crippen LogP contribution in [0.25, 0.3) is 10.9 Å². The van der Waals surface area contributed by atoms with E-state index in [4.69, 9.17) is 0 Å². The maximum Gasteiger partial charge on any atom is 0.259 e. The third-order valence-electron chi connectivity index (χ3n) is 3.48. The van der Waals surface area contributed by atoms with Crippen molar-refractivity contribution < 1.29 is 9.59 Å². The Hall–Kier alpha value is -2.93. The summed E-state index contributed by atoms with van der Waals surface area (Å²) in [5.74, 6) is -0.226. The van der Waals surface area contributed by atoms with Crippen molar-refractivity contribution in [3.8, 4) is 0 Å². The number of thioether (sulfide) groups is 1. The highest BCUT2D eigenvalue weighted by atomic mass is 32.2. The van der Waals surface area contributed by atoms with Crippen molar-refractivity contribution in [1.82, 2.24) is 9.97 Å². The smallest absolute Gasteiger partial charge is 0.259 e. The zero-order valence-corrected chi connectivity index (χ0v) is 14.2. The number of H-pyrrole nitrogens is 1. The number of aromatic nitrogens is 2. The van der Waals surface area contributed by atoms with E-state index in [9.17, 15) is 14.4 Å². The molecule has 0 saturated carbocycles. The van der Waals surface area contributed by atoms with Crippen molar-refractivity contribution in [3.63, 3.8) is 0 Å². The first-order chi connectivity index (χ1) is 12.0. The number of rotatable bonds is 5. The Bertz CT molecular complexity index is 1010. The summed E-state index contributed by atoms with van der Waals surface area (Å²) in [6.07, 6.45) is 0. The Kier molecular flexibility index (Phi) is 4.95. The van der Waals surface area contributed by atoms with Crippen LogP contribution in [0.15, 0.2) is 58.5 Å². The Morgan fingerprint density at radius 1 is 1.16 bits per heavy atom. The normalized spacial score (nSPS) is 10.6. The minimum Gasteiger partial charge on any atom is -0.325 e. The number of Topliss-reactive ketones (excluding diaryl/α,β-unsaturated/α-hetero) is 1. The van der Waals surface area contributed by atoms with Gasteiger partial charge in [-0.15, -0.1) is 0 Å². The molecule has 1 amide bonds. The lowest BCUT2D eigenvalue weighted by atomic mass is 10.1. The van der Waals surface area contributed by atoms with Gasteiger partial charge in [-0.1, -0.05) is 36.0 Å². The summed E-state index contributed by atoms with van der Waals surface area (Å²) >= 11 is 1.14. The van der Waals surface area contributed by atoms with Gasteiger partial charge in [-0.3, -0.25) is 14.4 Å². The Morgan fingerprint density at radius 3 is 2.76 bits per heavy atom. The lowest BCUT2D eigenvalue weighted by Gasteiger charge is -2.06. The number of nitrogens with one attached hydrogen (secondary N) is 2. The summed E-state index contributed by atoms with van der Waals surface area (Å²) in [4.78, 5) is 42.4. The summed E-state index contributed by atoms with van der Waals surface area (Å²) in [5.41, 5.74) is 1.44. The van der Waals surface area contributed by atoms with Gasteiger partial charge >= 0.3 is 0 Å². The van der Waals surface area contributed by atoms with E-state index in [0.29, 0.717) is 27.3 Å². The number of carbonyl (C=O) groups is 2. The Morgan fingerprint density at radius 2 is 1.96 bits per heavy atom. The SMILES string of the molecule is CC(=O)c1cccc(NC(=O)CSc2nc3ccccc3c(=O)[nH]2)c1. The fraction of sp³-hybridized carbons (Fsp3) is 0.111. The molecule has 1 aromatic heterocycles. The van der Waals surface area contributed by atoms with E-state index in [0.717, 1.165) is 11.8 Å². The summed E-state index contributed by atoms with van der Waals surface area (Å²) in [5, 5.41) is 3.62. The fourth-order valence-corrected chi connectivity index (χ4v) is 2.95. The monoisotopic (exact) mass is 353 g/mol. The molecule has 0 radical (unpaired) electrons. The summed E-state index contributed by atoms with van der Waals surface area (Å²) < 4.78 is 0. The molecule has 0 spiro atoms. The molecule has 25 heavy (non-hydrogen) atoms. The summed E-state index contributed by atoms with van der Waals surface area (Å²) in [6.45, 7) is 1.47. The number of fused-ring (bicyclic) bond motifs is 1. The first-order valence-corrected chi connectivity index (χ1v) is 8.54. The molecular formula is C18H15N3O3S. The quantitative estimate of drug-likeness (QED) is 0.418. The van der Waals surface area contributed by atoms with Crippen LogP contribution in [-0.4, -0.2) is 27.4 Å². The van der Waals surface area contributed by atoms with Crippen LogP contribution in [0.5, 0.6) is 0 Å². The van der Waals surface area contributed by atoms with Crippen molar-refractivity contribution in [2.24, 2.45) is 0 Å². The predicted octanol–water partition coefficient (Wildman–Crippen LogP) is 2.86. The lowest BCUT2D eigenvalue weighted by Crippen LogP contribution is -2.15. The van der Waals surface area contributed by atoms with Crippen LogP contribution in [0, 0.1) is 0 Å². The van der Waals surface area contributed by atoms with Gasteiger partial charge in [0, 0.05) is 11.3 Å². The van der Waals surface area contributed by atoms with Gasteiger partial charge in [0.1, 0.15) is 0 Å². The van der Waals surface area contributed by atoms with E-state index < -0.39 is 0 Å². The number of hydrogen-bond acceptors (Lipinski definition) is 5. The molecule has 126 valence electrons. The van der Waals surface area contributed by atoms with Crippen molar-refractivity contribution >= 4 is 40.0 Å². The number of carbonyl (C=O) groups excluding carboxylic acids is 2. The van der Waals surface area contributed by atoms with Crippen LogP contribution in [0.4, 0.5) is 5.69 Å². The fourth-order valence-electron chi connectivity index (χ4n) is 2.28. The average Bonchev–Trinajstić information content (AvgIpc) is 2.60. The molecule has 0 unspecified atom stereocenters. The second kappa shape index (κ2) is 7.31. The van der Waals surface area contributed by atoms with Crippen LogP contribution >= 0.6 is 11.8 Å². The Labute approximate surface area is 147 Å². The minimum atomic E-state index is -0.249. The highest BCUT2D eigenvalue weighted by Crippen LogP contribution is 2.16. The number of hydrogen-bond donors (Lipinski definition) is 2. The van der Waals surface area contributed by atoms with Crippen LogP contribution in [0.2, 0.25) is 0 Å². The first-order valence-electron chi connectivity index (χ1n) is 7.55. The molecule has 1 heterocycles.